The average molecular weight is 289 g/mol. The van der Waals surface area contributed by atoms with Crippen molar-refractivity contribution in [1.82, 2.24) is 5.32 Å². The third kappa shape index (κ3) is 3.37. The maximum absolute atomic E-state index is 11.8. The number of carbonyl (C=O) groups is 1. The monoisotopic (exact) mass is 289 g/mol. The van der Waals surface area contributed by atoms with Gasteiger partial charge in [-0.15, -0.1) is 0 Å². The molecule has 0 amide bonds. The largest absolute Gasteiger partial charge is 0.493 e. The fourth-order valence-electron chi connectivity index (χ4n) is 2.11. The highest BCUT2D eigenvalue weighted by Crippen LogP contribution is 2.31. The lowest BCUT2D eigenvalue weighted by atomic mass is 10.0. The lowest BCUT2D eigenvalue weighted by Crippen LogP contribution is -2.19. The Morgan fingerprint density at radius 1 is 1.24 bits per heavy atom. The summed E-state index contributed by atoms with van der Waals surface area (Å²) >= 11 is 0. The zero-order valence-electron chi connectivity index (χ0n) is 12.4. The van der Waals surface area contributed by atoms with Gasteiger partial charge in [-0.2, -0.15) is 0 Å². The summed E-state index contributed by atoms with van der Waals surface area (Å²) in [6, 6.07) is 5.53. The van der Waals surface area contributed by atoms with Crippen LogP contribution in [0.4, 0.5) is 0 Å². The highest BCUT2D eigenvalue weighted by Gasteiger charge is 2.17. The molecule has 112 valence electrons. The second-order valence-corrected chi connectivity index (χ2v) is 4.43. The number of carbonyl (C=O) groups excluding carboxylic acids is 1. The van der Waals surface area contributed by atoms with Crippen LogP contribution < -0.4 is 14.8 Å². The van der Waals surface area contributed by atoms with Crippen molar-refractivity contribution in [2.24, 2.45) is 0 Å². The van der Waals surface area contributed by atoms with Crippen LogP contribution >= 0.6 is 0 Å². The Morgan fingerprint density at radius 3 is 2.67 bits per heavy atom. The van der Waals surface area contributed by atoms with Gasteiger partial charge in [0, 0.05) is 0 Å². The van der Waals surface area contributed by atoms with Gasteiger partial charge in [-0.3, -0.25) is 0 Å². The summed E-state index contributed by atoms with van der Waals surface area (Å²) in [4.78, 5) is 11.8. The van der Waals surface area contributed by atoms with Crippen molar-refractivity contribution in [1.29, 1.82) is 0 Å². The number of hydrogen-bond donors (Lipinski definition) is 1. The van der Waals surface area contributed by atoms with E-state index < -0.39 is 0 Å². The molecular formula is C16H19NO4. The van der Waals surface area contributed by atoms with Crippen LogP contribution in [0.25, 0.3) is 0 Å². The maximum atomic E-state index is 11.8. The van der Waals surface area contributed by atoms with E-state index in [2.05, 4.69) is 5.32 Å². The number of esters is 1. The highest BCUT2D eigenvalue weighted by molar-refractivity contribution is 5.92. The molecule has 1 aromatic carbocycles. The van der Waals surface area contributed by atoms with E-state index in [0.29, 0.717) is 23.7 Å². The molecule has 2 rings (SSSR count). The van der Waals surface area contributed by atoms with Crippen LogP contribution in [0, 0.1) is 0 Å². The molecule has 0 spiro atoms. The Labute approximate surface area is 124 Å². The Balaban J connectivity index is 2.26. The molecule has 21 heavy (non-hydrogen) atoms. The van der Waals surface area contributed by atoms with Crippen molar-refractivity contribution in [3.63, 3.8) is 0 Å². The van der Waals surface area contributed by atoms with Crippen molar-refractivity contribution in [3.05, 3.63) is 47.7 Å². The van der Waals surface area contributed by atoms with Crippen molar-refractivity contribution < 1.29 is 19.0 Å². The fraction of sp³-hybridized carbons (Fsp3) is 0.312. The Morgan fingerprint density at radius 2 is 2.00 bits per heavy atom. The van der Waals surface area contributed by atoms with E-state index in [9.17, 15) is 4.79 Å². The molecule has 1 unspecified atom stereocenters. The summed E-state index contributed by atoms with van der Waals surface area (Å²) in [6.45, 7) is 2.15. The summed E-state index contributed by atoms with van der Waals surface area (Å²) in [5.41, 5.74) is 1.51. The van der Waals surface area contributed by atoms with E-state index in [1.807, 2.05) is 24.3 Å². The van der Waals surface area contributed by atoms with E-state index in [-0.39, 0.29) is 12.0 Å². The minimum absolute atomic E-state index is 0.116. The van der Waals surface area contributed by atoms with Crippen molar-refractivity contribution in [2.75, 3.05) is 20.8 Å². The zero-order valence-corrected chi connectivity index (χ0v) is 12.4. The summed E-state index contributed by atoms with van der Waals surface area (Å²) < 4.78 is 15.5. The second-order valence-electron chi connectivity index (χ2n) is 4.43. The molecule has 5 heteroatoms. The minimum atomic E-state index is -0.319. The molecule has 0 bridgehead atoms. The third-order valence-electron chi connectivity index (χ3n) is 3.16. The maximum Gasteiger partial charge on any atom is 0.337 e. The van der Waals surface area contributed by atoms with E-state index in [4.69, 9.17) is 14.2 Å². The topological polar surface area (TPSA) is 56.8 Å². The Kier molecular flexibility index (Phi) is 4.87. The highest BCUT2D eigenvalue weighted by atomic mass is 16.5. The number of dihydropyridines is 1. The number of nitrogens with one attached hydrogen (secondary N) is 1. The number of methoxy groups -OCH3 is 2. The second kappa shape index (κ2) is 6.83. The number of ether oxygens (including phenoxy) is 3. The molecule has 1 aromatic rings. The Bertz CT molecular complexity index is 578. The summed E-state index contributed by atoms with van der Waals surface area (Å²) in [7, 11) is 3.19. The Hall–Kier alpha value is -2.43. The van der Waals surface area contributed by atoms with Crippen LogP contribution in [0.2, 0.25) is 0 Å². The third-order valence-corrected chi connectivity index (χ3v) is 3.16. The molecule has 0 fully saturated rings. The van der Waals surface area contributed by atoms with Gasteiger partial charge in [0.1, 0.15) is 0 Å². The van der Waals surface area contributed by atoms with Crippen LogP contribution in [0.1, 0.15) is 18.5 Å². The number of rotatable bonds is 5. The van der Waals surface area contributed by atoms with E-state index >= 15 is 0 Å². The van der Waals surface area contributed by atoms with Crippen LogP contribution in [-0.2, 0) is 9.53 Å². The van der Waals surface area contributed by atoms with E-state index in [1.54, 1.807) is 33.4 Å². The fourth-order valence-corrected chi connectivity index (χ4v) is 2.11. The molecule has 1 atom stereocenters. The molecule has 0 saturated heterocycles. The van der Waals surface area contributed by atoms with Gasteiger partial charge in [0.2, 0.25) is 0 Å². The molecule has 0 aromatic heterocycles. The SMILES string of the molecule is CCOC(=O)C1=CC(c2ccc(OC)c(OC)c2)NC=C1. The van der Waals surface area contributed by atoms with Gasteiger partial charge < -0.3 is 19.5 Å². The molecule has 0 saturated carbocycles. The lowest BCUT2D eigenvalue weighted by molar-refractivity contribution is -0.138. The standard InChI is InChI=1S/C16H19NO4/c1-4-21-16(18)12-7-8-17-13(9-12)11-5-6-14(19-2)15(10-11)20-3/h5-10,13,17H,4H2,1-3H3. The van der Waals surface area contributed by atoms with E-state index in [0.717, 1.165) is 5.56 Å². The molecule has 1 N–H and O–H groups in total. The molecule has 1 heterocycles. The molecule has 1 aliphatic rings. The van der Waals surface area contributed by atoms with Crippen molar-refractivity contribution in [2.45, 2.75) is 13.0 Å². The molecule has 0 aliphatic carbocycles. The van der Waals surface area contributed by atoms with Gasteiger partial charge in [-0.1, -0.05) is 6.07 Å². The van der Waals surface area contributed by atoms with Crippen LogP contribution in [0.15, 0.2) is 42.1 Å². The van der Waals surface area contributed by atoms with Crippen LogP contribution in [0.5, 0.6) is 11.5 Å². The zero-order chi connectivity index (χ0) is 15.2. The minimum Gasteiger partial charge on any atom is -0.493 e. The smallest absolute Gasteiger partial charge is 0.337 e. The van der Waals surface area contributed by atoms with Gasteiger partial charge >= 0.3 is 5.97 Å². The predicted molar refractivity (Wildman–Crippen MR) is 79.3 cm³/mol. The summed E-state index contributed by atoms with van der Waals surface area (Å²) in [5.74, 6) is 1.00. The first kappa shape index (κ1) is 15.0. The number of benzene rings is 1. The van der Waals surface area contributed by atoms with Gasteiger partial charge in [-0.05, 0) is 43.0 Å². The first-order valence-electron chi connectivity index (χ1n) is 6.73. The van der Waals surface area contributed by atoms with Crippen molar-refractivity contribution >= 4 is 5.97 Å². The normalized spacial score (nSPS) is 16.7. The molecule has 1 aliphatic heterocycles. The first-order chi connectivity index (χ1) is 10.2. The molecular weight excluding hydrogens is 270 g/mol. The predicted octanol–water partition coefficient (Wildman–Crippen LogP) is 2.35. The summed E-state index contributed by atoms with van der Waals surface area (Å²) in [6.07, 6.45) is 5.28. The van der Waals surface area contributed by atoms with Gasteiger partial charge in [0.15, 0.2) is 11.5 Å². The van der Waals surface area contributed by atoms with Gasteiger partial charge in [0.25, 0.3) is 0 Å². The van der Waals surface area contributed by atoms with Crippen molar-refractivity contribution in [3.8, 4) is 11.5 Å². The lowest BCUT2D eigenvalue weighted by Gasteiger charge is -2.20. The van der Waals surface area contributed by atoms with E-state index in [1.165, 1.54) is 0 Å². The first-order valence-corrected chi connectivity index (χ1v) is 6.73. The van der Waals surface area contributed by atoms with Crippen LogP contribution in [0.3, 0.4) is 0 Å². The molecule has 5 nitrogen and oxygen atoms in total. The average Bonchev–Trinajstić information content (AvgIpc) is 2.54. The summed E-state index contributed by atoms with van der Waals surface area (Å²) in [5, 5.41) is 3.19. The molecule has 0 radical (unpaired) electrons. The quantitative estimate of drug-likeness (QED) is 0.843. The number of hydrogen-bond acceptors (Lipinski definition) is 5. The van der Waals surface area contributed by atoms with Gasteiger partial charge in [-0.25, -0.2) is 4.79 Å². The van der Waals surface area contributed by atoms with Gasteiger partial charge in [0.05, 0.1) is 32.4 Å². The van der Waals surface area contributed by atoms with Crippen LogP contribution in [-0.4, -0.2) is 26.8 Å².